The molecule has 0 saturated heterocycles. The van der Waals surface area contributed by atoms with Crippen molar-refractivity contribution in [3.63, 3.8) is 0 Å². The van der Waals surface area contributed by atoms with E-state index in [0.29, 0.717) is 11.7 Å². The summed E-state index contributed by atoms with van der Waals surface area (Å²) in [6.45, 7) is 0. The molecule has 0 radical (unpaired) electrons. The SMILES string of the molecule is CNC(=N)c1ccc(-c2cc(-c3nc(-c4ccccc4)cc(-c4ccccc4)n3)cc(-c3c4ccccc4cc4ccccc34)c2)cc1. The first kappa shape index (κ1) is 29.0. The Bertz CT molecular complexity index is 2320. The van der Waals surface area contributed by atoms with Crippen molar-refractivity contribution < 1.29 is 0 Å². The largest absolute Gasteiger partial charge is 0.373 e. The molecular weight excluding hydrogens is 585 g/mol. The molecule has 48 heavy (non-hydrogen) atoms. The van der Waals surface area contributed by atoms with Crippen LogP contribution in [-0.2, 0) is 0 Å². The fraction of sp³-hybridized carbons (Fsp3) is 0.0227. The van der Waals surface area contributed by atoms with Gasteiger partial charge in [0.1, 0.15) is 5.84 Å². The maximum absolute atomic E-state index is 8.25. The summed E-state index contributed by atoms with van der Waals surface area (Å²) in [5.41, 5.74) is 9.98. The fourth-order valence-corrected chi connectivity index (χ4v) is 6.46. The zero-order chi connectivity index (χ0) is 32.5. The average molecular weight is 617 g/mol. The number of amidine groups is 1. The molecule has 8 rings (SSSR count). The number of hydrogen-bond acceptors (Lipinski definition) is 3. The molecule has 4 nitrogen and oxygen atoms in total. The third kappa shape index (κ3) is 5.50. The van der Waals surface area contributed by atoms with Crippen molar-refractivity contribution in [3.05, 3.63) is 169 Å². The lowest BCUT2D eigenvalue weighted by molar-refractivity contribution is 1.14. The first-order valence-corrected chi connectivity index (χ1v) is 16.1. The van der Waals surface area contributed by atoms with Gasteiger partial charge >= 0.3 is 0 Å². The van der Waals surface area contributed by atoms with Gasteiger partial charge in [-0.2, -0.15) is 0 Å². The van der Waals surface area contributed by atoms with Gasteiger partial charge in [0.25, 0.3) is 0 Å². The van der Waals surface area contributed by atoms with Gasteiger partial charge in [0.05, 0.1) is 11.4 Å². The van der Waals surface area contributed by atoms with Crippen LogP contribution in [0.1, 0.15) is 5.56 Å². The number of benzene rings is 7. The highest BCUT2D eigenvalue weighted by Crippen LogP contribution is 2.40. The van der Waals surface area contributed by atoms with Gasteiger partial charge in [0, 0.05) is 29.3 Å². The van der Waals surface area contributed by atoms with Gasteiger partial charge in [-0.25, -0.2) is 9.97 Å². The van der Waals surface area contributed by atoms with E-state index in [1.807, 2.05) is 48.5 Å². The summed E-state index contributed by atoms with van der Waals surface area (Å²) in [6, 6.07) is 57.0. The summed E-state index contributed by atoms with van der Waals surface area (Å²) >= 11 is 0. The Balaban J connectivity index is 1.41. The van der Waals surface area contributed by atoms with Crippen LogP contribution in [0.3, 0.4) is 0 Å². The highest BCUT2D eigenvalue weighted by molar-refractivity contribution is 6.13. The molecule has 0 spiro atoms. The lowest BCUT2D eigenvalue weighted by Gasteiger charge is -2.16. The Labute approximate surface area is 279 Å². The van der Waals surface area contributed by atoms with E-state index in [1.165, 1.54) is 27.1 Å². The van der Waals surface area contributed by atoms with Gasteiger partial charge in [0.2, 0.25) is 0 Å². The van der Waals surface area contributed by atoms with Gasteiger partial charge < -0.3 is 5.32 Å². The Morgan fingerprint density at radius 2 is 0.958 bits per heavy atom. The molecule has 0 atom stereocenters. The van der Waals surface area contributed by atoms with Crippen molar-refractivity contribution in [2.45, 2.75) is 0 Å². The van der Waals surface area contributed by atoms with E-state index in [4.69, 9.17) is 15.4 Å². The summed E-state index contributed by atoms with van der Waals surface area (Å²) in [5.74, 6) is 1.05. The third-order valence-corrected chi connectivity index (χ3v) is 8.87. The van der Waals surface area contributed by atoms with Crippen molar-refractivity contribution in [1.82, 2.24) is 15.3 Å². The average Bonchev–Trinajstić information content (AvgIpc) is 3.17. The van der Waals surface area contributed by atoms with E-state index < -0.39 is 0 Å². The second-order valence-electron chi connectivity index (χ2n) is 11.9. The molecule has 1 heterocycles. The van der Waals surface area contributed by atoms with Crippen LogP contribution in [0.2, 0.25) is 0 Å². The number of nitrogens with zero attached hydrogens (tertiary/aromatic N) is 2. The molecule has 228 valence electrons. The lowest BCUT2D eigenvalue weighted by atomic mass is 9.89. The second kappa shape index (κ2) is 12.4. The van der Waals surface area contributed by atoms with E-state index in [2.05, 4.69) is 121 Å². The number of rotatable bonds is 6. The maximum atomic E-state index is 8.25. The summed E-state index contributed by atoms with van der Waals surface area (Å²) in [4.78, 5) is 10.4. The van der Waals surface area contributed by atoms with Gasteiger partial charge in [-0.05, 0) is 74.1 Å². The van der Waals surface area contributed by atoms with Crippen LogP contribution in [0.4, 0.5) is 0 Å². The number of fused-ring (bicyclic) bond motifs is 2. The third-order valence-electron chi connectivity index (χ3n) is 8.87. The molecule has 0 aliphatic rings. The van der Waals surface area contributed by atoms with Crippen molar-refractivity contribution >= 4 is 27.4 Å². The summed E-state index contributed by atoms with van der Waals surface area (Å²) in [7, 11) is 1.77. The van der Waals surface area contributed by atoms with Crippen LogP contribution in [0.5, 0.6) is 0 Å². The lowest BCUT2D eigenvalue weighted by Crippen LogP contribution is -2.17. The molecule has 0 amide bonds. The second-order valence-corrected chi connectivity index (χ2v) is 11.9. The summed E-state index contributed by atoms with van der Waals surface area (Å²) in [6.07, 6.45) is 0. The smallest absolute Gasteiger partial charge is 0.160 e. The standard InChI is InChI=1S/C44H32N4/c1-46-43(45)32-22-20-29(21-23-32)35-25-36(42-38-18-10-8-16-33(38)24-34-17-9-11-19-39(34)42)27-37(26-35)44-47-40(30-12-4-2-5-13-30)28-41(48-44)31-14-6-3-7-15-31/h2-28H,1H3,(H2,45,46). The van der Waals surface area contributed by atoms with E-state index in [0.717, 1.165) is 50.3 Å². The minimum Gasteiger partial charge on any atom is -0.373 e. The number of hydrogen-bond donors (Lipinski definition) is 2. The van der Waals surface area contributed by atoms with Crippen LogP contribution >= 0.6 is 0 Å². The molecular formula is C44H32N4. The quantitative estimate of drug-likeness (QED) is 0.111. The Kier molecular flexibility index (Phi) is 7.52. The van der Waals surface area contributed by atoms with Crippen LogP contribution in [0, 0.1) is 5.41 Å². The molecule has 1 aromatic heterocycles. The first-order valence-electron chi connectivity index (χ1n) is 16.1. The molecule has 7 aromatic carbocycles. The van der Waals surface area contributed by atoms with Crippen LogP contribution in [-0.4, -0.2) is 22.9 Å². The van der Waals surface area contributed by atoms with E-state index in [9.17, 15) is 0 Å². The fourth-order valence-electron chi connectivity index (χ4n) is 6.46. The molecule has 0 fully saturated rings. The van der Waals surface area contributed by atoms with Crippen molar-refractivity contribution in [2.24, 2.45) is 0 Å². The predicted molar refractivity (Wildman–Crippen MR) is 200 cm³/mol. The number of aromatic nitrogens is 2. The van der Waals surface area contributed by atoms with E-state index in [1.54, 1.807) is 7.05 Å². The highest BCUT2D eigenvalue weighted by atomic mass is 14.9. The minimum absolute atomic E-state index is 0.387. The minimum atomic E-state index is 0.387. The zero-order valence-electron chi connectivity index (χ0n) is 26.5. The molecule has 2 N–H and O–H groups in total. The molecule has 4 heteroatoms. The van der Waals surface area contributed by atoms with Gasteiger partial charge in [-0.3, -0.25) is 5.41 Å². The number of nitrogens with one attached hydrogen (secondary N) is 2. The molecule has 0 aliphatic carbocycles. The van der Waals surface area contributed by atoms with Crippen molar-refractivity contribution in [1.29, 1.82) is 5.41 Å². The zero-order valence-corrected chi connectivity index (χ0v) is 26.5. The van der Waals surface area contributed by atoms with E-state index in [-0.39, 0.29) is 0 Å². The van der Waals surface area contributed by atoms with Crippen molar-refractivity contribution in [2.75, 3.05) is 7.05 Å². The highest BCUT2D eigenvalue weighted by Gasteiger charge is 2.16. The van der Waals surface area contributed by atoms with Crippen LogP contribution in [0.25, 0.3) is 77.7 Å². The topological polar surface area (TPSA) is 61.7 Å². The monoisotopic (exact) mass is 616 g/mol. The first-order chi connectivity index (χ1) is 23.6. The summed E-state index contributed by atoms with van der Waals surface area (Å²) < 4.78 is 0. The predicted octanol–water partition coefficient (Wildman–Crippen LogP) is 10.7. The Hall–Kier alpha value is -6.39. The Morgan fingerprint density at radius 3 is 1.52 bits per heavy atom. The maximum Gasteiger partial charge on any atom is 0.160 e. The van der Waals surface area contributed by atoms with Gasteiger partial charge in [-0.15, -0.1) is 0 Å². The van der Waals surface area contributed by atoms with Crippen LogP contribution in [0.15, 0.2) is 164 Å². The molecule has 0 unspecified atom stereocenters. The normalized spacial score (nSPS) is 11.1. The van der Waals surface area contributed by atoms with E-state index >= 15 is 0 Å². The van der Waals surface area contributed by atoms with Gasteiger partial charge in [0.15, 0.2) is 5.82 Å². The molecule has 8 aromatic rings. The Morgan fingerprint density at radius 1 is 0.458 bits per heavy atom. The molecule has 0 bridgehead atoms. The van der Waals surface area contributed by atoms with Gasteiger partial charge in [-0.1, -0.05) is 133 Å². The van der Waals surface area contributed by atoms with Crippen LogP contribution < -0.4 is 5.32 Å². The molecule has 0 saturated carbocycles. The summed E-state index contributed by atoms with van der Waals surface area (Å²) in [5, 5.41) is 16.0. The molecule has 0 aliphatic heterocycles. The van der Waals surface area contributed by atoms with Crippen molar-refractivity contribution in [3.8, 4) is 56.2 Å².